The fourth-order valence-corrected chi connectivity index (χ4v) is 6.48. The molecule has 0 saturated heterocycles. The van der Waals surface area contributed by atoms with Crippen molar-refractivity contribution in [3.63, 3.8) is 0 Å². The van der Waals surface area contributed by atoms with Crippen LogP contribution in [-0.4, -0.2) is 75.6 Å². The van der Waals surface area contributed by atoms with Crippen molar-refractivity contribution >= 4 is 13.8 Å². The third kappa shape index (κ3) is 41.6. The fourth-order valence-electron chi connectivity index (χ4n) is 5.74. The van der Waals surface area contributed by atoms with E-state index in [0.29, 0.717) is 24.1 Å². The van der Waals surface area contributed by atoms with E-state index in [9.17, 15) is 14.3 Å². The summed E-state index contributed by atoms with van der Waals surface area (Å²) >= 11 is 0. The summed E-state index contributed by atoms with van der Waals surface area (Å²) in [5.74, 6) is -0.327. The number of phosphoric acid groups is 1. The lowest BCUT2D eigenvalue weighted by Crippen LogP contribution is -2.37. The molecule has 0 aliphatic rings. The Morgan fingerprint density at radius 2 is 1.07 bits per heavy atom. The van der Waals surface area contributed by atoms with Gasteiger partial charge in [0, 0.05) is 13.0 Å². The summed E-state index contributed by atoms with van der Waals surface area (Å²) in [6.45, 7) is 5.48. The summed E-state index contributed by atoms with van der Waals surface area (Å²) in [7, 11) is 1.65. The summed E-state index contributed by atoms with van der Waals surface area (Å²) < 4.78 is 35.0. The topological polar surface area (TPSA) is 91.3 Å². The first-order valence-corrected chi connectivity index (χ1v) is 23.4. The number of carbonyl (C=O) groups excluding carboxylic acids is 1. The Balaban J connectivity index is 4.27. The largest absolute Gasteiger partial charge is 0.472 e. The molecule has 0 aromatic carbocycles. The van der Waals surface area contributed by atoms with Crippen molar-refractivity contribution in [1.82, 2.24) is 0 Å². The molecule has 54 heavy (non-hydrogen) atoms. The van der Waals surface area contributed by atoms with E-state index in [1.165, 1.54) is 96.3 Å². The number of unbranched alkanes of at least 4 members (excludes halogenated alkanes) is 18. The highest BCUT2D eigenvalue weighted by molar-refractivity contribution is 7.47. The van der Waals surface area contributed by atoms with E-state index in [4.69, 9.17) is 18.5 Å². The van der Waals surface area contributed by atoms with E-state index in [2.05, 4.69) is 62.5 Å². The molecule has 0 spiro atoms. The molecule has 0 amide bonds. The summed E-state index contributed by atoms with van der Waals surface area (Å²) in [5.41, 5.74) is 0. The maximum Gasteiger partial charge on any atom is 0.472 e. The molecule has 316 valence electrons. The maximum atomic E-state index is 12.7. The van der Waals surface area contributed by atoms with Crippen LogP contribution in [0.3, 0.4) is 0 Å². The smallest absolute Gasteiger partial charge is 0.457 e. The lowest BCUT2D eigenvalue weighted by atomic mass is 10.1. The molecule has 0 aromatic rings. The van der Waals surface area contributed by atoms with Crippen LogP contribution in [0, 0.1) is 0 Å². The normalized spacial score (nSPS) is 14.3. The van der Waals surface area contributed by atoms with Gasteiger partial charge in [0.25, 0.3) is 0 Å². The second kappa shape index (κ2) is 38.3. The number of esters is 1. The number of likely N-dealkylation sites (N-methyl/N-ethyl adjacent to an activating group) is 1. The van der Waals surface area contributed by atoms with Crippen molar-refractivity contribution in [1.29, 1.82) is 0 Å². The molecule has 2 atom stereocenters. The molecule has 1 N–H and O–H groups in total. The Hall–Kier alpha value is -1.54. The number of carbonyl (C=O) groups is 1. The van der Waals surface area contributed by atoms with Gasteiger partial charge in [0.1, 0.15) is 19.3 Å². The number of hydrogen-bond acceptors (Lipinski definition) is 6. The van der Waals surface area contributed by atoms with Gasteiger partial charge in [-0.1, -0.05) is 146 Å². The van der Waals surface area contributed by atoms with Gasteiger partial charge in [0.05, 0.1) is 34.4 Å². The molecule has 0 fully saturated rings. The number of phosphoric ester groups is 1. The Bertz CT molecular complexity index is 1000. The van der Waals surface area contributed by atoms with Gasteiger partial charge in [-0.25, -0.2) is 4.57 Å². The van der Waals surface area contributed by atoms with E-state index in [1.807, 2.05) is 21.1 Å². The fraction of sp³-hybridized carbons (Fsp3) is 0.800. The van der Waals surface area contributed by atoms with Crippen molar-refractivity contribution in [3.8, 4) is 0 Å². The second-order valence-corrected chi connectivity index (χ2v) is 17.1. The predicted octanol–water partition coefficient (Wildman–Crippen LogP) is 12.8. The highest BCUT2D eigenvalue weighted by Crippen LogP contribution is 2.43. The Kier molecular flexibility index (Phi) is 37.2. The quantitative estimate of drug-likeness (QED) is 0.0218. The molecule has 0 rings (SSSR count). The maximum absolute atomic E-state index is 12.7. The molecule has 9 heteroatoms. The number of allylic oxidation sites excluding steroid dienone is 8. The summed E-state index contributed by atoms with van der Waals surface area (Å²) in [6.07, 6.45) is 45.6. The molecular formula is C45H85NO7P+. The van der Waals surface area contributed by atoms with Crippen LogP contribution in [-0.2, 0) is 27.9 Å². The van der Waals surface area contributed by atoms with Crippen LogP contribution in [0.1, 0.15) is 174 Å². The van der Waals surface area contributed by atoms with Crippen molar-refractivity contribution < 1.29 is 37.3 Å². The van der Waals surface area contributed by atoms with Crippen molar-refractivity contribution in [3.05, 3.63) is 48.6 Å². The van der Waals surface area contributed by atoms with Crippen LogP contribution >= 0.6 is 7.82 Å². The summed E-state index contributed by atoms with van der Waals surface area (Å²) in [6, 6.07) is 0. The van der Waals surface area contributed by atoms with E-state index in [1.54, 1.807) is 0 Å². The monoisotopic (exact) mass is 783 g/mol. The molecular weight excluding hydrogens is 697 g/mol. The highest BCUT2D eigenvalue weighted by atomic mass is 31.2. The summed E-state index contributed by atoms with van der Waals surface area (Å²) in [4.78, 5) is 22.9. The zero-order valence-corrected chi connectivity index (χ0v) is 36.6. The minimum atomic E-state index is -4.28. The lowest BCUT2D eigenvalue weighted by molar-refractivity contribution is -0.870. The van der Waals surface area contributed by atoms with Crippen LogP contribution in [0.5, 0.6) is 0 Å². The van der Waals surface area contributed by atoms with E-state index < -0.39 is 13.9 Å². The van der Waals surface area contributed by atoms with Crippen molar-refractivity contribution in [2.24, 2.45) is 0 Å². The van der Waals surface area contributed by atoms with Crippen LogP contribution in [0.15, 0.2) is 48.6 Å². The number of rotatable bonds is 40. The van der Waals surface area contributed by atoms with Gasteiger partial charge in [-0.05, 0) is 70.6 Å². The first-order chi connectivity index (χ1) is 26.1. The number of nitrogens with zero attached hydrogens (tertiary/aromatic N) is 1. The number of ether oxygens (including phenoxy) is 2. The molecule has 0 aliphatic heterocycles. The number of quaternary nitrogens is 1. The molecule has 0 radical (unpaired) electrons. The minimum Gasteiger partial charge on any atom is -0.457 e. The third-order valence-electron chi connectivity index (χ3n) is 9.12. The molecule has 0 aromatic heterocycles. The molecule has 0 bridgehead atoms. The standard InChI is InChI=1S/C45H84NO7P/c1-6-8-10-12-14-16-18-20-22-23-24-26-28-30-32-34-36-38-45(47)53-44(43-52-54(48,49)51-41-39-46(3,4)5)42-50-40-37-35-33-31-29-27-25-21-19-17-15-13-11-9-7-2/h8,10,14,16,19-22,44H,6-7,9,11-13,15,17-18,23-43H2,1-5H3/p+1/b10-8-,16-14-,21-19-,22-20-. The van der Waals surface area contributed by atoms with Crippen molar-refractivity contribution in [2.75, 3.05) is 54.1 Å². The Morgan fingerprint density at radius 3 is 1.63 bits per heavy atom. The molecule has 8 nitrogen and oxygen atoms in total. The Morgan fingerprint density at radius 1 is 0.593 bits per heavy atom. The van der Waals surface area contributed by atoms with Gasteiger partial charge in [0.15, 0.2) is 0 Å². The third-order valence-corrected chi connectivity index (χ3v) is 10.1. The van der Waals surface area contributed by atoms with Gasteiger partial charge in [0.2, 0.25) is 0 Å². The average Bonchev–Trinajstić information content (AvgIpc) is 3.12. The Labute approximate surface area is 333 Å². The molecule has 0 heterocycles. The molecule has 0 saturated carbocycles. The van der Waals surface area contributed by atoms with Crippen LogP contribution in [0.2, 0.25) is 0 Å². The average molecular weight is 783 g/mol. The minimum absolute atomic E-state index is 0.0839. The second-order valence-electron chi connectivity index (χ2n) is 15.7. The first kappa shape index (κ1) is 52.5. The molecule has 0 aliphatic carbocycles. The van der Waals surface area contributed by atoms with Crippen LogP contribution in [0.4, 0.5) is 0 Å². The van der Waals surface area contributed by atoms with Gasteiger partial charge in [-0.3, -0.25) is 13.8 Å². The SMILES string of the molecule is CC/C=C\C/C=C\C/C=C\CCCCCCCCCC(=O)OC(COCCCCCCCC/C=C\CCCCCCC)COP(=O)(O)OCC[N+](C)(C)C. The summed E-state index contributed by atoms with van der Waals surface area (Å²) in [5, 5.41) is 0. The van der Waals surface area contributed by atoms with Gasteiger partial charge >= 0.3 is 13.8 Å². The lowest BCUT2D eigenvalue weighted by Gasteiger charge is -2.24. The van der Waals surface area contributed by atoms with Gasteiger partial charge in [-0.15, -0.1) is 0 Å². The van der Waals surface area contributed by atoms with Gasteiger partial charge < -0.3 is 18.9 Å². The van der Waals surface area contributed by atoms with E-state index in [0.717, 1.165) is 57.8 Å². The van der Waals surface area contributed by atoms with Gasteiger partial charge in [-0.2, -0.15) is 0 Å². The molecule has 2 unspecified atom stereocenters. The first-order valence-electron chi connectivity index (χ1n) is 21.9. The van der Waals surface area contributed by atoms with E-state index >= 15 is 0 Å². The number of hydrogen-bond donors (Lipinski definition) is 1. The zero-order chi connectivity index (χ0) is 39.9. The highest BCUT2D eigenvalue weighted by Gasteiger charge is 2.26. The van der Waals surface area contributed by atoms with E-state index in [-0.39, 0.29) is 25.8 Å². The van der Waals surface area contributed by atoms with Crippen LogP contribution in [0.25, 0.3) is 0 Å². The predicted molar refractivity (Wildman–Crippen MR) is 229 cm³/mol. The van der Waals surface area contributed by atoms with Crippen LogP contribution < -0.4 is 0 Å². The van der Waals surface area contributed by atoms with Crippen molar-refractivity contribution in [2.45, 2.75) is 180 Å². The zero-order valence-electron chi connectivity index (χ0n) is 35.7.